The van der Waals surface area contributed by atoms with Gasteiger partial charge in [-0.1, -0.05) is 15.9 Å². The van der Waals surface area contributed by atoms with Crippen molar-refractivity contribution in [2.24, 2.45) is 0 Å². The first kappa shape index (κ1) is 15.8. The summed E-state index contributed by atoms with van der Waals surface area (Å²) in [5.74, 6) is 0. The molecule has 0 saturated carbocycles. The normalized spacial score (nSPS) is 22.8. The van der Waals surface area contributed by atoms with E-state index in [4.69, 9.17) is 4.74 Å². The van der Waals surface area contributed by atoms with Gasteiger partial charge < -0.3 is 9.64 Å². The molecule has 0 radical (unpaired) electrons. The second-order valence-corrected chi connectivity index (χ2v) is 8.46. The van der Waals surface area contributed by atoms with Gasteiger partial charge in [0.2, 0.25) is 0 Å². The third-order valence-corrected chi connectivity index (χ3v) is 5.13. The Morgan fingerprint density at radius 2 is 1.95 bits per heavy atom. The van der Waals surface area contributed by atoms with E-state index in [0.29, 0.717) is 4.90 Å². The molecule has 6 heteroatoms. The van der Waals surface area contributed by atoms with Gasteiger partial charge in [0.25, 0.3) is 0 Å². The topological polar surface area (TPSA) is 46.6 Å². The first-order valence-corrected chi connectivity index (χ1v) is 9.51. The third kappa shape index (κ3) is 3.74. The zero-order valence-electron chi connectivity index (χ0n) is 12.0. The van der Waals surface area contributed by atoms with Crippen molar-refractivity contribution in [3.63, 3.8) is 0 Å². The van der Waals surface area contributed by atoms with Gasteiger partial charge in [-0.25, -0.2) is 8.42 Å². The molecule has 2 rings (SSSR count). The van der Waals surface area contributed by atoms with Gasteiger partial charge in [0.05, 0.1) is 16.6 Å². The smallest absolute Gasteiger partial charge is 0.175 e. The van der Waals surface area contributed by atoms with E-state index in [9.17, 15) is 8.42 Å². The van der Waals surface area contributed by atoms with Gasteiger partial charge in [-0.3, -0.25) is 0 Å². The van der Waals surface area contributed by atoms with Crippen LogP contribution < -0.4 is 4.90 Å². The molecule has 1 aliphatic heterocycles. The molecule has 0 aromatic heterocycles. The SMILES string of the molecule is CC1(C)CN(c2ccc(S(C)(=O)=O)cc2)CC(CBr)O1. The minimum atomic E-state index is -3.14. The number of hydrogen-bond donors (Lipinski definition) is 0. The first-order chi connectivity index (χ1) is 9.21. The lowest BCUT2D eigenvalue weighted by Gasteiger charge is -2.43. The fourth-order valence-electron chi connectivity index (χ4n) is 2.48. The number of sulfone groups is 1. The lowest BCUT2D eigenvalue weighted by molar-refractivity contribution is -0.0724. The van der Waals surface area contributed by atoms with Gasteiger partial charge in [-0.05, 0) is 38.1 Å². The summed E-state index contributed by atoms with van der Waals surface area (Å²) >= 11 is 3.47. The molecule has 0 aliphatic carbocycles. The zero-order valence-corrected chi connectivity index (χ0v) is 14.4. The Morgan fingerprint density at radius 3 is 2.45 bits per heavy atom. The van der Waals surface area contributed by atoms with Crippen LogP contribution >= 0.6 is 15.9 Å². The van der Waals surface area contributed by atoms with Gasteiger partial charge >= 0.3 is 0 Å². The molecule has 1 aliphatic rings. The standard InChI is InChI=1S/C14H20BrNO3S/c1-14(2)10-16(9-12(8-15)19-14)11-4-6-13(7-5-11)20(3,17)18/h4-7,12H,8-10H2,1-3H3. The molecule has 1 fully saturated rings. The number of nitrogens with zero attached hydrogens (tertiary/aromatic N) is 1. The fourth-order valence-corrected chi connectivity index (χ4v) is 3.44. The highest BCUT2D eigenvalue weighted by atomic mass is 79.9. The Labute approximate surface area is 129 Å². The lowest BCUT2D eigenvalue weighted by Crippen LogP contribution is -2.53. The van der Waals surface area contributed by atoms with Crippen molar-refractivity contribution >= 4 is 31.5 Å². The van der Waals surface area contributed by atoms with E-state index < -0.39 is 9.84 Å². The first-order valence-electron chi connectivity index (χ1n) is 6.50. The zero-order chi connectivity index (χ0) is 15.0. The minimum Gasteiger partial charge on any atom is -0.368 e. The molecular formula is C14H20BrNO3S. The number of halogens is 1. The lowest BCUT2D eigenvalue weighted by atomic mass is 10.0. The maximum absolute atomic E-state index is 11.5. The number of anilines is 1. The van der Waals surface area contributed by atoms with Crippen LogP contribution in [0.25, 0.3) is 0 Å². The van der Waals surface area contributed by atoms with Gasteiger partial charge in [0, 0.05) is 30.4 Å². The average molecular weight is 362 g/mol. The quantitative estimate of drug-likeness (QED) is 0.775. The van der Waals surface area contributed by atoms with E-state index in [1.807, 2.05) is 12.1 Å². The van der Waals surface area contributed by atoms with Crippen LogP contribution in [0.15, 0.2) is 29.2 Å². The Bertz CT molecular complexity index is 569. The molecule has 1 heterocycles. The highest BCUT2D eigenvalue weighted by molar-refractivity contribution is 9.09. The maximum Gasteiger partial charge on any atom is 0.175 e. The van der Waals surface area contributed by atoms with Gasteiger partial charge in [-0.15, -0.1) is 0 Å². The molecular weight excluding hydrogens is 342 g/mol. The van der Waals surface area contributed by atoms with E-state index >= 15 is 0 Å². The number of rotatable bonds is 3. The summed E-state index contributed by atoms with van der Waals surface area (Å²) in [6.07, 6.45) is 1.36. The van der Waals surface area contributed by atoms with Crippen molar-refractivity contribution in [2.75, 3.05) is 29.6 Å². The van der Waals surface area contributed by atoms with Crippen LogP contribution in [0.5, 0.6) is 0 Å². The van der Waals surface area contributed by atoms with E-state index in [0.717, 1.165) is 24.1 Å². The Kier molecular flexibility index (Phi) is 4.47. The average Bonchev–Trinajstić information content (AvgIpc) is 2.36. The third-order valence-electron chi connectivity index (χ3n) is 3.28. The number of alkyl halides is 1. The van der Waals surface area contributed by atoms with Crippen molar-refractivity contribution in [2.45, 2.75) is 30.4 Å². The summed E-state index contributed by atoms with van der Waals surface area (Å²) in [6.45, 7) is 5.72. The summed E-state index contributed by atoms with van der Waals surface area (Å²) in [5.41, 5.74) is 0.811. The number of morpholine rings is 1. The minimum absolute atomic E-state index is 0.133. The molecule has 1 atom stereocenters. The monoisotopic (exact) mass is 361 g/mol. The number of benzene rings is 1. The summed E-state index contributed by atoms with van der Waals surface area (Å²) in [4.78, 5) is 2.59. The van der Waals surface area contributed by atoms with E-state index in [2.05, 4.69) is 34.7 Å². The van der Waals surface area contributed by atoms with E-state index in [1.165, 1.54) is 6.26 Å². The number of hydrogen-bond acceptors (Lipinski definition) is 4. The molecule has 0 spiro atoms. The second kappa shape index (κ2) is 5.66. The molecule has 0 bridgehead atoms. The van der Waals surface area contributed by atoms with Crippen LogP contribution in [0, 0.1) is 0 Å². The fraction of sp³-hybridized carbons (Fsp3) is 0.571. The predicted octanol–water partition coefficient (Wildman–Crippen LogP) is 2.47. The van der Waals surface area contributed by atoms with Crippen LogP contribution in [-0.4, -0.2) is 44.8 Å². The largest absolute Gasteiger partial charge is 0.368 e. The van der Waals surface area contributed by atoms with Crippen LogP contribution in [0.4, 0.5) is 5.69 Å². The van der Waals surface area contributed by atoms with Gasteiger partial charge in [0.15, 0.2) is 9.84 Å². The molecule has 1 unspecified atom stereocenters. The molecule has 4 nitrogen and oxygen atoms in total. The summed E-state index contributed by atoms with van der Waals surface area (Å²) in [6, 6.07) is 7.05. The van der Waals surface area contributed by atoms with Crippen molar-refractivity contribution in [3.05, 3.63) is 24.3 Å². The molecule has 1 aromatic carbocycles. The molecule has 0 N–H and O–H groups in total. The Balaban J connectivity index is 2.22. The second-order valence-electron chi connectivity index (χ2n) is 5.80. The van der Waals surface area contributed by atoms with Crippen molar-refractivity contribution < 1.29 is 13.2 Å². The highest BCUT2D eigenvalue weighted by Gasteiger charge is 2.33. The summed E-state index contributed by atoms with van der Waals surface area (Å²) < 4.78 is 28.9. The van der Waals surface area contributed by atoms with Crippen LogP contribution in [0.2, 0.25) is 0 Å². The Hall–Kier alpha value is -0.590. The van der Waals surface area contributed by atoms with Crippen molar-refractivity contribution in [1.29, 1.82) is 0 Å². The van der Waals surface area contributed by atoms with Crippen LogP contribution in [0.1, 0.15) is 13.8 Å². The molecule has 20 heavy (non-hydrogen) atoms. The highest BCUT2D eigenvalue weighted by Crippen LogP contribution is 2.27. The van der Waals surface area contributed by atoms with Crippen LogP contribution in [-0.2, 0) is 14.6 Å². The summed E-state index contributed by atoms with van der Waals surface area (Å²) in [7, 11) is -3.14. The number of ether oxygens (including phenoxy) is 1. The van der Waals surface area contributed by atoms with Crippen LogP contribution in [0.3, 0.4) is 0 Å². The maximum atomic E-state index is 11.5. The molecule has 1 saturated heterocycles. The van der Waals surface area contributed by atoms with Crippen molar-refractivity contribution in [1.82, 2.24) is 0 Å². The molecule has 112 valence electrons. The van der Waals surface area contributed by atoms with E-state index in [1.54, 1.807) is 12.1 Å². The summed E-state index contributed by atoms with van der Waals surface area (Å²) in [5, 5.41) is 0.786. The van der Waals surface area contributed by atoms with E-state index in [-0.39, 0.29) is 11.7 Å². The molecule has 1 aromatic rings. The van der Waals surface area contributed by atoms with Gasteiger partial charge in [0.1, 0.15) is 0 Å². The van der Waals surface area contributed by atoms with Crippen molar-refractivity contribution in [3.8, 4) is 0 Å². The van der Waals surface area contributed by atoms with Gasteiger partial charge in [-0.2, -0.15) is 0 Å². The predicted molar refractivity (Wildman–Crippen MR) is 84.5 cm³/mol. The Morgan fingerprint density at radius 1 is 1.35 bits per heavy atom. The molecule has 0 amide bonds.